The maximum absolute atomic E-state index is 12.9. The van der Waals surface area contributed by atoms with Crippen LogP contribution >= 0.6 is 0 Å². The van der Waals surface area contributed by atoms with Crippen LogP contribution in [-0.2, 0) is 9.84 Å². The molecule has 1 aromatic carbocycles. The van der Waals surface area contributed by atoms with E-state index in [0.717, 1.165) is 32.1 Å². The summed E-state index contributed by atoms with van der Waals surface area (Å²) in [5.41, 5.74) is 1.11. The SMILES string of the molecule is CCN(C(=O)Nc1ccc2c(c1)C(=O)N(C1CCCCC1)C2=O)C1CCS(=O)(=O)C1. The van der Waals surface area contributed by atoms with Gasteiger partial charge in [0.25, 0.3) is 11.8 Å². The molecule has 9 heteroatoms. The van der Waals surface area contributed by atoms with Gasteiger partial charge in [-0.3, -0.25) is 14.5 Å². The fraction of sp³-hybridized carbons (Fsp3) is 0.571. The molecule has 0 radical (unpaired) electrons. The van der Waals surface area contributed by atoms with Crippen LogP contribution in [0.2, 0.25) is 0 Å². The van der Waals surface area contributed by atoms with Crippen LogP contribution in [0.1, 0.15) is 66.2 Å². The topological polar surface area (TPSA) is 104 Å². The Morgan fingerprint density at radius 2 is 1.80 bits per heavy atom. The van der Waals surface area contributed by atoms with Gasteiger partial charge in [-0.2, -0.15) is 0 Å². The highest BCUT2D eigenvalue weighted by Crippen LogP contribution is 2.32. The minimum atomic E-state index is -3.10. The van der Waals surface area contributed by atoms with Gasteiger partial charge in [0, 0.05) is 24.3 Å². The van der Waals surface area contributed by atoms with Crippen molar-refractivity contribution in [3.63, 3.8) is 0 Å². The van der Waals surface area contributed by atoms with Crippen molar-refractivity contribution in [3.8, 4) is 0 Å². The smallest absolute Gasteiger partial charge is 0.321 e. The Hall–Kier alpha value is -2.42. The van der Waals surface area contributed by atoms with E-state index in [1.807, 2.05) is 0 Å². The Morgan fingerprint density at radius 1 is 1.10 bits per heavy atom. The van der Waals surface area contributed by atoms with Crippen LogP contribution in [0.25, 0.3) is 0 Å². The zero-order chi connectivity index (χ0) is 21.5. The van der Waals surface area contributed by atoms with Gasteiger partial charge in [-0.25, -0.2) is 13.2 Å². The Balaban J connectivity index is 1.50. The van der Waals surface area contributed by atoms with Gasteiger partial charge in [-0.1, -0.05) is 19.3 Å². The Bertz CT molecular complexity index is 984. The van der Waals surface area contributed by atoms with Crippen molar-refractivity contribution in [2.45, 2.75) is 57.5 Å². The van der Waals surface area contributed by atoms with Gasteiger partial charge in [0.2, 0.25) is 0 Å². The molecule has 0 aromatic heterocycles. The number of imide groups is 1. The van der Waals surface area contributed by atoms with Gasteiger partial charge >= 0.3 is 6.03 Å². The third kappa shape index (κ3) is 3.82. The summed E-state index contributed by atoms with van der Waals surface area (Å²) in [5.74, 6) is -0.492. The van der Waals surface area contributed by atoms with Crippen molar-refractivity contribution in [1.29, 1.82) is 0 Å². The molecule has 1 saturated heterocycles. The Kier molecular flexibility index (Phi) is 5.57. The van der Waals surface area contributed by atoms with Crippen molar-refractivity contribution in [1.82, 2.24) is 9.80 Å². The number of nitrogens with one attached hydrogen (secondary N) is 1. The summed E-state index contributed by atoms with van der Waals surface area (Å²) < 4.78 is 23.5. The monoisotopic (exact) mass is 433 g/mol. The molecule has 2 heterocycles. The van der Waals surface area contributed by atoms with E-state index in [9.17, 15) is 22.8 Å². The molecule has 1 unspecified atom stereocenters. The van der Waals surface area contributed by atoms with Gasteiger partial charge in [0.15, 0.2) is 9.84 Å². The lowest BCUT2D eigenvalue weighted by Crippen LogP contribution is -2.43. The lowest BCUT2D eigenvalue weighted by molar-refractivity contribution is 0.0549. The number of carbonyl (C=O) groups is 3. The highest BCUT2D eigenvalue weighted by Gasteiger charge is 2.40. The molecular weight excluding hydrogens is 406 g/mol. The van der Waals surface area contributed by atoms with E-state index in [2.05, 4.69) is 5.32 Å². The third-order valence-corrected chi connectivity index (χ3v) is 8.11. The van der Waals surface area contributed by atoms with Crippen molar-refractivity contribution in [3.05, 3.63) is 29.3 Å². The summed E-state index contributed by atoms with van der Waals surface area (Å²) in [5, 5.41) is 2.77. The normalized spacial score (nSPS) is 23.5. The third-order valence-electron chi connectivity index (χ3n) is 6.36. The number of rotatable bonds is 4. The van der Waals surface area contributed by atoms with Crippen LogP contribution < -0.4 is 5.32 Å². The van der Waals surface area contributed by atoms with Gasteiger partial charge in [0.1, 0.15) is 0 Å². The molecule has 1 aromatic rings. The molecule has 4 rings (SSSR count). The Labute approximate surface area is 176 Å². The number of fused-ring (bicyclic) bond motifs is 1. The summed E-state index contributed by atoms with van der Waals surface area (Å²) in [4.78, 5) is 41.4. The van der Waals surface area contributed by atoms with Crippen LogP contribution in [0.15, 0.2) is 18.2 Å². The zero-order valence-corrected chi connectivity index (χ0v) is 17.9. The molecule has 30 heavy (non-hydrogen) atoms. The van der Waals surface area contributed by atoms with Crippen LogP contribution in [0.3, 0.4) is 0 Å². The molecule has 8 nitrogen and oxygen atoms in total. The minimum absolute atomic E-state index is 0.0260. The van der Waals surface area contributed by atoms with Crippen molar-refractivity contribution in [2.75, 3.05) is 23.4 Å². The van der Waals surface area contributed by atoms with E-state index in [1.54, 1.807) is 25.1 Å². The summed E-state index contributed by atoms with van der Waals surface area (Å²) >= 11 is 0. The van der Waals surface area contributed by atoms with Crippen LogP contribution in [0.4, 0.5) is 10.5 Å². The number of benzene rings is 1. The maximum Gasteiger partial charge on any atom is 0.322 e. The standard InChI is InChI=1S/C21H27N3O5S/c1-2-23(16-10-11-30(28,29)13-16)21(27)22-14-8-9-17-18(12-14)20(26)24(19(17)25)15-6-4-3-5-7-15/h8-9,12,15-16H,2-7,10-11,13H2,1H3,(H,22,27). The van der Waals surface area contributed by atoms with Gasteiger partial charge in [-0.15, -0.1) is 0 Å². The number of sulfone groups is 1. The number of urea groups is 1. The summed E-state index contributed by atoms with van der Waals surface area (Å²) in [6, 6.07) is 3.95. The highest BCUT2D eigenvalue weighted by atomic mass is 32.2. The first-order valence-corrected chi connectivity index (χ1v) is 12.4. The molecular formula is C21H27N3O5S. The molecule has 3 aliphatic rings. The molecule has 0 spiro atoms. The fourth-order valence-corrected chi connectivity index (χ4v) is 6.52. The van der Waals surface area contributed by atoms with E-state index in [0.29, 0.717) is 29.8 Å². The minimum Gasteiger partial charge on any atom is -0.321 e. The van der Waals surface area contributed by atoms with E-state index in [1.165, 1.54) is 9.80 Å². The second-order valence-corrected chi connectivity index (χ2v) is 10.5. The van der Waals surface area contributed by atoms with Crippen LogP contribution in [0, 0.1) is 0 Å². The fourth-order valence-electron chi connectivity index (χ4n) is 4.79. The summed E-state index contributed by atoms with van der Waals surface area (Å²) in [6.07, 6.45) is 5.27. The van der Waals surface area contributed by atoms with E-state index >= 15 is 0 Å². The van der Waals surface area contributed by atoms with Crippen molar-refractivity contribution in [2.24, 2.45) is 0 Å². The maximum atomic E-state index is 12.9. The molecule has 1 atom stereocenters. The molecule has 2 fully saturated rings. The molecule has 2 aliphatic heterocycles. The van der Waals surface area contributed by atoms with E-state index < -0.39 is 15.9 Å². The molecule has 4 amide bonds. The molecule has 162 valence electrons. The number of carbonyl (C=O) groups excluding carboxylic acids is 3. The van der Waals surface area contributed by atoms with Gasteiger partial charge in [-0.05, 0) is 44.4 Å². The van der Waals surface area contributed by atoms with Gasteiger partial charge < -0.3 is 10.2 Å². The predicted molar refractivity (Wildman–Crippen MR) is 112 cm³/mol. The first-order valence-electron chi connectivity index (χ1n) is 10.6. The van der Waals surface area contributed by atoms with E-state index in [4.69, 9.17) is 0 Å². The van der Waals surface area contributed by atoms with Crippen LogP contribution in [0.5, 0.6) is 0 Å². The lowest BCUT2D eigenvalue weighted by atomic mass is 9.94. The molecule has 1 aliphatic carbocycles. The van der Waals surface area contributed by atoms with Gasteiger partial charge in [0.05, 0.1) is 22.6 Å². The first kappa shape index (κ1) is 20.8. The second kappa shape index (κ2) is 8.02. The molecule has 1 saturated carbocycles. The number of anilines is 1. The highest BCUT2D eigenvalue weighted by molar-refractivity contribution is 7.91. The zero-order valence-electron chi connectivity index (χ0n) is 17.1. The molecule has 1 N–H and O–H groups in total. The first-order chi connectivity index (χ1) is 14.3. The van der Waals surface area contributed by atoms with E-state index in [-0.39, 0.29) is 35.4 Å². The number of amides is 4. The quantitative estimate of drug-likeness (QED) is 0.735. The molecule has 0 bridgehead atoms. The number of nitrogens with zero attached hydrogens (tertiary/aromatic N) is 2. The Morgan fingerprint density at radius 3 is 2.43 bits per heavy atom. The van der Waals surface area contributed by atoms with Crippen LogP contribution in [-0.4, -0.2) is 66.2 Å². The average Bonchev–Trinajstić information content (AvgIpc) is 3.19. The lowest BCUT2D eigenvalue weighted by Gasteiger charge is -2.29. The number of hydrogen-bond acceptors (Lipinski definition) is 5. The van der Waals surface area contributed by atoms with Crippen molar-refractivity contribution < 1.29 is 22.8 Å². The summed E-state index contributed by atoms with van der Waals surface area (Å²) in [6.45, 7) is 2.18. The predicted octanol–water partition coefficient (Wildman–Crippen LogP) is 2.66. The second-order valence-electron chi connectivity index (χ2n) is 8.31. The van der Waals surface area contributed by atoms with Crippen molar-refractivity contribution >= 4 is 33.4 Å². The average molecular weight is 434 g/mol. The number of hydrogen-bond donors (Lipinski definition) is 1. The largest absolute Gasteiger partial charge is 0.322 e. The summed E-state index contributed by atoms with van der Waals surface area (Å²) in [7, 11) is -3.10.